The van der Waals surface area contributed by atoms with Crippen LogP contribution in [-0.2, 0) is 0 Å². The van der Waals surface area contributed by atoms with E-state index in [-0.39, 0.29) is 6.71 Å². The third-order valence-corrected chi connectivity index (χ3v) is 10.3. The van der Waals surface area contributed by atoms with Gasteiger partial charge in [0.2, 0.25) is 0 Å². The second-order valence-corrected chi connectivity index (χ2v) is 12.2. The number of rotatable bonds is 2. The highest BCUT2D eigenvalue weighted by atomic mass is 32.1. The zero-order valence-electron chi connectivity index (χ0n) is 20.8. The van der Waals surface area contributed by atoms with Crippen LogP contribution in [0.1, 0.15) is 0 Å². The quantitative estimate of drug-likeness (QED) is 0.208. The van der Waals surface area contributed by atoms with Crippen LogP contribution in [0.5, 0.6) is 0 Å². The summed E-state index contributed by atoms with van der Waals surface area (Å²) < 4.78 is 12.0. The van der Waals surface area contributed by atoms with Crippen LogP contribution >= 0.6 is 22.7 Å². The fourth-order valence-corrected chi connectivity index (χ4v) is 8.65. The lowest BCUT2D eigenvalue weighted by atomic mass is 9.40. The molecule has 0 bridgehead atoms. The van der Waals surface area contributed by atoms with Gasteiger partial charge in [-0.3, -0.25) is 0 Å². The van der Waals surface area contributed by atoms with Crippen LogP contribution in [0.4, 0.5) is 17.1 Å². The molecule has 1 aliphatic heterocycles. The average Bonchev–Trinajstić information content (AvgIpc) is 3.67. The van der Waals surface area contributed by atoms with E-state index in [4.69, 9.17) is 4.42 Å². The van der Waals surface area contributed by atoms with Gasteiger partial charge in [-0.05, 0) is 42.5 Å². The van der Waals surface area contributed by atoms with Crippen molar-refractivity contribution in [2.45, 2.75) is 0 Å². The lowest BCUT2D eigenvalue weighted by molar-refractivity contribution is 0.651. The number of hydrogen-bond acceptors (Lipinski definition) is 4. The Morgan fingerprint density at radius 3 is 2.05 bits per heavy atom. The molecule has 0 unspecified atom stereocenters. The van der Waals surface area contributed by atoms with Crippen LogP contribution in [0.3, 0.4) is 0 Å². The largest absolute Gasteiger partial charge is 0.468 e. The van der Waals surface area contributed by atoms with Crippen LogP contribution in [-0.4, -0.2) is 6.71 Å². The van der Waals surface area contributed by atoms with Crippen molar-refractivity contribution in [2.75, 3.05) is 4.90 Å². The van der Waals surface area contributed by atoms with Crippen molar-refractivity contribution in [1.82, 2.24) is 0 Å². The number of furan rings is 1. The molecular formula is C34H20BNOS2. The van der Waals surface area contributed by atoms with Gasteiger partial charge in [0.1, 0.15) is 11.2 Å². The van der Waals surface area contributed by atoms with Crippen molar-refractivity contribution >= 4 is 104 Å². The molecule has 0 amide bonds. The summed E-state index contributed by atoms with van der Waals surface area (Å²) >= 11 is 3.74. The minimum Gasteiger partial charge on any atom is -0.468 e. The van der Waals surface area contributed by atoms with Crippen molar-refractivity contribution < 1.29 is 4.42 Å². The summed E-state index contributed by atoms with van der Waals surface area (Å²) in [7, 11) is 0. The van der Waals surface area contributed by atoms with Gasteiger partial charge in [0, 0.05) is 46.1 Å². The summed E-state index contributed by atoms with van der Waals surface area (Å²) in [5, 5.41) is 5.04. The molecule has 5 heteroatoms. The Labute approximate surface area is 233 Å². The van der Waals surface area contributed by atoms with Crippen molar-refractivity contribution in [2.24, 2.45) is 0 Å². The Hall–Kier alpha value is -4.32. The van der Waals surface area contributed by atoms with Gasteiger partial charge in [-0.15, -0.1) is 22.7 Å². The van der Waals surface area contributed by atoms with Gasteiger partial charge < -0.3 is 9.32 Å². The highest BCUT2D eigenvalue weighted by Crippen LogP contribution is 2.47. The second-order valence-electron chi connectivity index (χ2n) is 10.1. The minimum atomic E-state index is 0.0305. The van der Waals surface area contributed by atoms with Crippen LogP contribution in [0, 0.1) is 0 Å². The van der Waals surface area contributed by atoms with Crippen molar-refractivity contribution in [3.63, 3.8) is 0 Å². The molecule has 1 aliphatic rings. The first kappa shape index (κ1) is 21.6. The van der Waals surface area contributed by atoms with Crippen LogP contribution in [0.25, 0.3) is 41.2 Å². The average molecular weight is 533 g/mol. The molecule has 0 saturated heterocycles. The lowest BCUT2D eigenvalue weighted by Crippen LogP contribution is -2.55. The van der Waals surface area contributed by atoms with Gasteiger partial charge in [0.25, 0.3) is 0 Å². The highest BCUT2D eigenvalue weighted by molar-refractivity contribution is 7.33. The number of benzene rings is 5. The van der Waals surface area contributed by atoms with E-state index in [0.29, 0.717) is 0 Å². The third-order valence-electron chi connectivity index (χ3n) is 7.91. The summed E-state index contributed by atoms with van der Waals surface area (Å²) in [6.45, 7) is 0.0305. The molecule has 3 aromatic heterocycles. The summed E-state index contributed by atoms with van der Waals surface area (Å²) in [5.74, 6) is 0. The molecule has 0 aliphatic carbocycles. The van der Waals surface area contributed by atoms with E-state index < -0.39 is 0 Å². The Morgan fingerprint density at radius 2 is 1.21 bits per heavy atom. The van der Waals surface area contributed by atoms with Gasteiger partial charge in [-0.1, -0.05) is 84.3 Å². The minimum absolute atomic E-state index is 0.0305. The molecule has 2 nitrogen and oxygen atoms in total. The van der Waals surface area contributed by atoms with E-state index in [1.54, 1.807) is 0 Å². The summed E-state index contributed by atoms with van der Waals surface area (Å²) in [6.07, 6.45) is 0. The van der Waals surface area contributed by atoms with E-state index in [2.05, 4.69) is 126 Å². The van der Waals surface area contributed by atoms with E-state index in [1.165, 1.54) is 46.2 Å². The molecule has 0 fully saturated rings. The molecule has 0 radical (unpaired) electrons. The van der Waals surface area contributed by atoms with E-state index >= 15 is 0 Å². The second kappa shape index (κ2) is 8.09. The van der Waals surface area contributed by atoms with E-state index in [9.17, 15) is 0 Å². The molecular weight excluding hydrogens is 513 g/mol. The molecule has 182 valence electrons. The highest BCUT2D eigenvalue weighted by Gasteiger charge is 2.42. The van der Waals surface area contributed by atoms with Gasteiger partial charge in [-0.2, -0.15) is 0 Å². The zero-order chi connectivity index (χ0) is 25.5. The molecule has 5 aromatic carbocycles. The summed E-state index contributed by atoms with van der Waals surface area (Å²) in [6, 6.07) is 43.8. The number of nitrogens with zero attached hydrogens (tertiary/aromatic N) is 1. The number of anilines is 3. The topological polar surface area (TPSA) is 16.4 Å². The van der Waals surface area contributed by atoms with E-state index in [0.717, 1.165) is 28.0 Å². The Morgan fingerprint density at radius 1 is 0.538 bits per heavy atom. The number of para-hydroxylation sites is 1. The first-order valence-corrected chi connectivity index (χ1v) is 14.8. The SMILES string of the molecule is c1ccc(B2c3oc4ccccc4c3N(c3ccc4sc5ccccc5c4c3)c3c2sc2ccccc32)cc1. The first-order valence-electron chi connectivity index (χ1n) is 13.1. The Balaban J connectivity index is 1.42. The monoisotopic (exact) mass is 533 g/mol. The Kier molecular flexibility index (Phi) is 4.48. The van der Waals surface area contributed by atoms with Crippen molar-refractivity contribution in [3.8, 4) is 0 Å². The molecule has 0 spiro atoms. The third kappa shape index (κ3) is 3.03. The molecule has 8 aromatic rings. The predicted molar refractivity (Wildman–Crippen MR) is 170 cm³/mol. The van der Waals surface area contributed by atoms with E-state index in [1.807, 2.05) is 22.7 Å². The number of hydrogen-bond donors (Lipinski definition) is 0. The molecule has 9 rings (SSSR count). The lowest BCUT2D eigenvalue weighted by Gasteiger charge is -2.32. The van der Waals surface area contributed by atoms with Crippen LogP contribution in [0.15, 0.2) is 126 Å². The smallest absolute Gasteiger partial charge is 0.305 e. The number of fused-ring (bicyclic) bond motifs is 9. The fourth-order valence-electron chi connectivity index (χ4n) is 6.24. The zero-order valence-corrected chi connectivity index (χ0v) is 22.4. The van der Waals surface area contributed by atoms with Gasteiger partial charge >= 0.3 is 6.71 Å². The normalized spacial score (nSPS) is 13.0. The standard InChI is InChI=1S/C34H20BNOS2/c1-2-10-21(11-3-1)35-33-31(24-13-4-7-15-27(24)37-33)36(32-25-14-6-9-17-29(25)39-34(32)35)22-18-19-30-26(20-22)23-12-5-8-16-28(23)38-30/h1-20H. The molecule has 4 heterocycles. The van der Waals surface area contributed by atoms with Gasteiger partial charge in [0.15, 0.2) is 0 Å². The molecule has 0 saturated carbocycles. The van der Waals surface area contributed by atoms with Crippen molar-refractivity contribution in [1.29, 1.82) is 0 Å². The fraction of sp³-hybridized carbons (Fsp3) is 0. The van der Waals surface area contributed by atoms with Gasteiger partial charge in [-0.25, -0.2) is 0 Å². The van der Waals surface area contributed by atoms with Gasteiger partial charge in [0.05, 0.1) is 11.4 Å². The van der Waals surface area contributed by atoms with Crippen LogP contribution < -0.4 is 20.8 Å². The van der Waals surface area contributed by atoms with Crippen molar-refractivity contribution in [3.05, 3.63) is 121 Å². The number of thiophene rings is 2. The predicted octanol–water partition coefficient (Wildman–Crippen LogP) is 8.31. The maximum atomic E-state index is 6.77. The summed E-state index contributed by atoms with van der Waals surface area (Å²) in [5.41, 5.74) is 6.77. The maximum Gasteiger partial charge on any atom is 0.305 e. The summed E-state index contributed by atoms with van der Waals surface area (Å²) in [4.78, 5) is 2.47. The molecule has 0 atom stereocenters. The molecule has 0 N–H and O–H groups in total. The van der Waals surface area contributed by atoms with Crippen LogP contribution in [0.2, 0.25) is 0 Å². The molecule has 39 heavy (non-hydrogen) atoms. The first-order chi connectivity index (χ1) is 19.3. The maximum absolute atomic E-state index is 6.77. The Bertz CT molecular complexity index is 2130.